The molecule has 9 heteroatoms. The van der Waals surface area contributed by atoms with Gasteiger partial charge in [0.25, 0.3) is 0 Å². The summed E-state index contributed by atoms with van der Waals surface area (Å²) >= 11 is 0. The van der Waals surface area contributed by atoms with Crippen molar-refractivity contribution in [1.82, 2.24) is 5.32 Å². The molecule has 478 valence electrons. The van der Waals surface area contributed by atoms with Gasteiger partial charge < -0.3 is 40.3 Å². The second kappa shape index (κ2) is 61.5. The zero-order valence-corrected chi connectivity index (χ0v) is 53.6. The van der Waals surface area contributed by atoms with E-state index < -0.39 is 49.5 Å². The van der Waals surface area contributed by atoms with Crippen LogP contribution in [0.3, 0.4) is 0 Å². The van der Waals surface area contributed by atoms with Crippen molar-refractivity contribution < 1.29 is 39.8 Å². The van der Waals surface area contributed by atoms with Gasteiger partial charge in [0.05, 0.1) is 25.4 Å². The third-order valence-corrected chi connectivity index (χ3v) is 17.2. The fourth-order valence-corrected chi connectivity index (χ4v) is 11.6. The van der Waals surface area contributed by atoms with Crippen molar-refractivity contribution in [2.75, 3.05) is 13.2 Å². The van der Waals surface area contributed by atoms with Gasteiger partial charge in [0.2, 0.25) is 5.91 Å². The van der Waals surface area contributed by atoms with Gasteiger partial charge >= 0.3 is 0 Å². The molecule has 0 aromatic carbocycles. The number of rotatable bonds is 63. The van der Waals surface area contributed by atoms with Crippen LogP contribution in [-0.2, 0) is 14.3 Å². The first-order chi connectivity index (χ1) is 39.8. The van der Waals surface area contributed by atoms with Gasteiger partial charge in [-0.25, -0.2) is 0 Å². The standard InChI is InChI=1S/C72H137NO8/c1-3-5-7-9-11-13-15-17-19-21-23-25-27-29-30-31-32-33-34-35-36-38-39-41-43-45-47-49-51-53-55-57-59-61-66(75)65(64-80-72-71(79)70(78)69(77)67(63-74)81-72)73-68(76)62-60-58-56-54-52-50-48-46-44-42-40-37-28-26-24-22-20-18-16-14-12-10-8-6-4-2/h16,18,22,24,59,61,65-67,69-72,74-75,77-79H,3-15,17,19-21,23,25-58,60,62-64H2,1-2H3,(H,73,76)/b18-16-,24-22-,61-59+. The zero-order valence-electron chi connectivity index (χ0n) is 53.6. The molecule has 0 bridgehead atoms. The Hall–Kier alpha value is -1.59. The lowest BCUT2D eigenvalue weighted by molar-refractivity contribution is -0.302. The predicted octanol–water partition coefficient (Wildman–Crippen LogP) is 19.4. The number of amides is 1. The van der Waals surface area contributed by atoms with Crippen LogP contribution in [0.15, 0.2) is 36.5 Å². The number of aliphatic hydroxyl groups is 5. The molecule has 7 unspecified atom stereocenters. The molecule has 1 aliphatic rings. The Bertz CT molecular complexity index is 1370. The number of allylic oxidation sites excluding steroid dienone is 5. The van der Waals surface area contributed by atoms with E-state index in [4.69, 9.17) is 9.47 Å². The smallest absolute Gasteiger partial charge is 0.220 e. The SMILES string of the molecule is CCCCCCC/C=C\C/C=C\CCCCCCCCCCCCCCCC(=O)NC(COC1OC(CO)C(O)C(O)C1O)C(O)/C=C/CCCCCCCCCCCCCCCCCCCCCCCCCCCCCCCCC. The van der Waals surface area contributed by atoms with Crippen molar-refractivity contribution in [3.8, 4) is 0 Å². The minimum absolute atomic E-state index is 0.172. The summed E-state index contributed by atoms with van der Waals surface area (Å²) in [6.07, 6.45) is 75.4. The molecule has 7 atom stereocenters. The summed E-state index contributed by atoms with van der Waals surface area (Å²) in [6, 6.07) is -0.807. The molecule has 9 nitrogen and oxygen atoms in total. The Labute approximate surface area is 501 Å². The molecule has 1 saturated heterocycles. The van der Waals surface area contributed by atoms with Crippen LogP contribution in [0, 0.1) is 0 Å². The van der Waals surface area contributed by atoms with E-state index in [0.717, 1.165) is 44.9 Å². The first-order valence-corrected chi connectivity index (χ1v) is 35.7. The highest BCUT2D eigenvalue weighted by molar-refractivity contribution is 5.76. The second-order valence-corrected chi connectivity index (χ2v) is 25.0. The van der Waals surface area contributed by atoms with Crippen molar-refractivity contribution in [1.29, 1.82) is 0 Å². The molecule has 0 aromatic heterocycles. The fraction of sp³-hybridized carbons (Fsp3) is 0.903. The van der Waals surface area contributed by atoms with Gasteiger partial charge in [0.1, 0.15) is 24.4 Å². The van der Waals surface area contributed by atoms with E-state index in [1.165, 1.54) is 295 Å². The Balaban J connectivity index is 2.11. The molecular weight excluding hydrogens is 1010 g/mol. The normalized spacial score (nSPS) is 18.5. The summed E-state index contributed by atoms with van der Waals surface area (Å²) in [4.78, 5) is 13.1. The number of hydrogen-bond donors (Lipinski definition) is 6. The van der Waals surface area contributed by atoms with Crippen molar-refractivity contribution in [2.45, 2.75) is 403 Å². The largest absolute Gasteiger partial charge is 0.394 e. The highest BCUT2D eigenvalue weighted by atomic mass is 16.7. The Morgan fingerprint density at radius 3 is 1.06 bits per heavy atom. The quantitative estimate of drug-likeness (QED) is 0.0261. The number of aliphatic hydroxyl groups excluding tert-OH is 5. The van der Waals surface area contributed by atoms with Gasteiger partial charge in [0.15, 0.2) is 6.29 Å². The summed E-state index contributed by atoms with van der Waals surface area (Å²) in [6.45, 7) is 3.82. The van der Waals surface area contributed by atoms with Gasteiger partial charge in [-0.1, -0.05) is 339 Å². The summed E-state index contributed by atoms with van der Waals surface area (Å²) in [7, 11) is 0. The molecule has 0 aromatic rings. The van der Waals surface area contributed by atoms with E-state index >= 15 is 0 Å². The maximum absolute atomic E-state index is 13.1. The maximum Gasteiger partial charge on any atom is 0.220 e. The topological polar surface area (TPSA) is 149 Å². The number of ether oxygens (including phenoxy) is 2. The van der Waals surface area contributed by atoms with Crippen LogP contribution in [0.25, 0.3) is 0 Å². The summed E-state index contributed by atoms with van der Waals surface area (Å²) in [5.74, 6) is -0.172. The highest BCUT2D eigenvalue weighted by Gasteiger charge is 2.44. The first kappa shape index (κ1) is 77.4. The van der Waals surface area contributed by atoms with Gasteiger partial charge in [0, 0.05) is 6.42 Å². The maximum atomic E-state index is 13.1. The Kier molecular flexibility index (Phi) is 58.8. The number of nitrogens with one attached hydrogen (secondary N) is 1. The highest BCUT2D eigenvalue weighted by Crippen LogP contribution is 2.23. The van der Waals surface area contributed by atoms with E-state index in [1.54, 1.807) is 6.08 Å². The van der Waals surface area contributed by atoms with Crippen LogP contribution in [0.4, 0.5) is 0 Å². The van der Waals surface area contributed by atoms with Crippen molar-refractivity contribution >= 4 is 5.91 Å². The summed E-state index contributed by atoms with van der Waals surface area (Å²) in [5, 5.41) is 54.8. The molecule has 1 fully saturated rings. The molecule has 1 heterocycles. The molecule has 6 N–H and O–H groups in total. The number of carbonyl (C=O) groups excluding carboxylic acids is 1. The van der Waals surface area contributed by atoms with Crippen LogP contribution >= 0.6 is 0 Å². The average molecular weight is 1140 g/mol. The molecule has 0 aliphatic carbocycles. The minimum Gasteiger partial charge on any atom is -0.394 e. The lowest BCUT2D eigenvalue weighted by Crippen LogP contribution is -2.60. The number of carbonyl (C=O) groups is 1. The van der Waals surface area contributed by atoms with Gasteiger partial charge in [-0.2, -0.15) is 0 Å². The van der Waals surface area contributed by atoms with Crippen LogP contribution in [0.2, 0.25) is 0 Å². The fourth-order valence-electron chi connectivity index (χ4n) is 11.6. The van der Waals surface area contributed by atoms with Crippen molar-refractivity contribution in [3.63, 3.8) is 0 Å². The first-order valence-electron chi connectivity index (χ1n) is 35.7. The Morgan fingerprint density at radius 2 is 0.728 bits per heavy atom. The van der Waals surface area contributed by atoms with Gasteiger partial charge in [-0.15, -0.1) is 0 Å². The van der Waals surface area contributed by atoms with E-state index in [1.807, 2.05) is 6.08 Å². The molecule has 81 heavy (non-hydrogen) atoms. The predicted molar refractivity (Wildman–Crippen MR) is 346 cm³/mol. The van der Waals surface area contributed by atoms with Gasteiger partial charge in [-0.3, -0.25) is 4.79 Å². The lowest BCUT2D eigenvalue weighted by atomic mass is 9.99. The third kappa shape index (κ3) is 50.3. The molecule has 0 saturated carbocycles. The van der Waals surface area contributed by atoms with E-state index in [-0.39, 0.29) is 12.5 Å². The summed E-state index contributed by atoms with van der Waals surface area (Å²) in [5.41, 5.74) is 0. The van der Waals surface area contributed by atoms with Crippen LogP contribution < -0.4 is 5.32 Å². The molecule has 1 rings (SSSR count). The molecular formula is C72H137NO8. The van der Waals surface area contributed by atoms with Crippen LogP contribution in [-0.4, -0.2) is 87.5 Å². The average Bonchev–Trinajstić information content (AvgIpc) is 3.49. The zero-order chi connectivity index (χ0) is 58.6. The van der Waals surface area contributed by atoms with E-state index in [0.29, 0.717) is 6.42 Å². The molecule has 1 amide bonds. The minimum atomic E-state index is -1.57. The second-order valence-electron chi connectivity index (χ2n) is 25.0. The number of unbranched alkanes of at least 4 members (excludes halogenated alkanes) is 49. The van der Waals surface area contributed by atoms with Gasteiger partial charge in [-0.05, 0) is 51.4 Å². The monoisotopic (exact) mass is 1140 g/mol. The van der Waals surface area contributed by atoms with Crippen LogP contribution in [0.1, 0.15) is 361 Å². The summed E-state index contributed by atoms with van der Waals surface area (Å²) < 4.78 is 11.3. The van der Waals surface area contributed by atoms with Crippen LogP contribution in [0.5, 0.6) is 0 Å². The third-order valence-electron chi connectivity index (χ3n) is 17.2. The molecule has 0 radical (unpaired) electrons. The Morgan fingerprint density at radius 1 is 0.420 bits per heavy atom. The number of hydrogen-bond acceptors (Lipinski definition) is 8. The lowest BCUT2D eigenvalue weighted by Gasteiger charge is -2.40. The van der Waals surface area contributed by atoms with Crippen molar-refractivity contribution in [2.24, 2.45) is 0 Å². The molecule has 0 spiro atoms. The van der Waals surface area contributed by atoms with E-state index in [9.17, 15) is 30.3 Å². The van der Waals surface area contributed by atoms with E-state index in [2.05, 4.69) is 43.5 Å². The van der Waals surface area contributed by atoms with Crippen molar-refractivity contribution in [3.05, 3.63) is 36.5 Å². The molecule has 1 aliphatic heterocycles.